The first-order valence-corrected chi connectivity index (χ1v) is 10.9. The van der Waals surface area contributed by atoms with Crippen molar-refractivity contribution in [2.24, 2.45) is 0 Å². The Morgan fingerprint density at radius 3 is 2.75 bits per heavy atom. The molecule has 0 radical (unpaired) electrons. The van der Waals surface area contributed by atoms with Crippen molar-refractivity contribution in [1.29, 1.82) is 0 Å². The molecule has 1 heterocycles. The van der Waals surface area contributed by atoms with Gasteiger partial charge in [-0.1, -0.05) is 18.2 Å². The summed E-state index contributed by atoms with van der Waals surface area (Å²) in [5.41, 5.74) is 1.91. The lowest BCUT2D eigenvalue weighted by Crippen LogP contribution is -2.36. The Balaban J connectivity index is 1.87. The molecule has 3 rings (SSSR count). The normalized spacial score (nSPS) is 16.5. The smallest absolute Gasteiger partial charge is 0.265 e. The summed E-state index contributed by atoms with van der Waals surface area (Å²) in [4.78, 5) is 12.9. The molecule has 150 valence electrons. The van der Waals surface area contributed by atoms with E-state index in [9.17, 15) is 13.2 Å². The van der Waals surface area contributed by atoms with Crippen LogP contribution in [0.3, 0.4) is 0 Å². The van der Waals surface area contributed by atoms with E-state index in [0.717, 1.165) is 11.8 Å². The molecule has 0 spiro atoms. The number of nitrogens with zero attached hydrogens (tertiary/aromatic N) is 1. The number of carbonyl (C=O) groups is 1. The van der Waals surface area contributed by atoms with Crippen LogP contribution in [0.5, 0.6) is 11.5 Å². The number of carbonyl (C=O) groups excluding carboxylic acids is 1. The van der Waals surface area contributed by atoms with E-state index in [1.165, 1.54) is 4.31 Å². The van der Waals surface area contributed by atoms with Crippen molar-refractivity contribution in [2.45, 2.75) is 26.4 Å². The Labute approximate surface area is 165 Å². The number of benzene rings is 2. The molecule has 0 saturated carbocycles. The summed E-state index contributed by atoms with van der Waals surface area (Å²) in [6.45, 7) is 4.37. The number of para-hydroxylation sites is 2. The number of amides is 1. The molecule has 1 aliphatic rings. The van der Waals surface area contributed by atoms with E-state index in [-0.39, 0.29) is 18.9 Å². The Kier molecular flexibility index (Phi) is 5.79. The maximum absolute atomic E-state index is 12.9. The van der Waals surface area contributed by atoms with Crippen molar-refractivity contribution in [3.63, 3.8) is 0 Å². The third-order valence-electron chi connectivity index (χ3n) is 4.38. The number of hydrogen-bond acceptors (Lipinski definition) is 5. The zero-order valence-corrected chi connectivity index (χ0v) is 17.0. The van der Waals surface area contributed by atoms with Crippen LogP contribution in [0.1, 0.15) is 18.9 Å². The molecule has 1 N–H and O–H groups in total. The van der Waals surface area contributed by atoms with Gasteiger partial charge in [0.15, 0.2) is 6.10 Å². The molecule has 8 heteroatoms. The number of fused-ring (bicyclic) bond motifs is 1. The number of aryl methyl sites for hydroxylation is 1. The fraction of sp³-hybridized carbons (Fsp3) is 0.350. The van der Waals surface area contributed by atoms with E-state index in [1.807, 2.05) is 26.0 Å². The number of rotatable bonds is 5. The van der Waals surface area contributed by atoms with E-state index < -0.39 is 16.1 Å². The fourth-order valence-corrected chi connectivity index (χ4v) is 4.02. The Hall–Kier alpha value is -2.74. The van der Waals surface area contributed by atoms with Gasteiger partial charge in [-0.3, -0.25) is 9.10 Å². The highest BCUT2D eigenvalue weighted by Crippen LogP contribution is 2.35. The number of anilines is 2. The molecular formula is C20H24N2O5S. The van der Waals surface area contributed by atoms with Crippen LogP contribution in [-0.2, 0) is 14.8 Å². The van der Waals surface area contributed by atoms with Gasteiger partial charge in [-0.2, -0.15) is 0 Å². The molecule has 1 aliphatic heterocycles. The van der Waals surface area contributed by atoms with Gasteiger partial charge < -0.3 is 14.8 Å². The highest BCUT2D eigenvalue weighted by atomic mass is 32.2. The molecule has 0 aromatic heterocycles. The van der Waals surface area contributed by atoms with E-state index in [0.29, 0.717) is 29.5 Å². The average molecular weight is 404 g/mol. The zero-order chi connectivity index (χ0) is 20.3. The second-order valence-electron chi connectivity index (χ2n) is 6.62. The minimum Gasteiger partial charge on any atom is -0.492 e. The molecule has 0 aliphatic carbocycles. The second kappa shape index (κ2) is 8.10. The molecule has 0 saturated heterocycles. The van der Waals surface area contributed by atoms with E-state index in [2.05, 4.69) is 5.32 Å². The van der Waals surface area contributed by atoms with Gasteiger partial charge in [-0.25, -0.2) is 8.42 Å². The van der Waals surface area contributed by atoms with Crippen LogP contribution in [-0.4, -0.2) is 39.8 Å². The van der Waals surface area contributed by atoms with Crippen LogP contribution >= 0.6 is 0 Å². The molecule has 2 aromatic rings. The van der Waals surface area contributed by atoms with Gasteiger partial charge in [0.2, 0.25) is 10.0 Å². The Bertz CT molecular complexity index is 974. The average Bonchev–Trinajstić information content (AvgIpc) is 2.82. The molecular weight excluding hydrogens is 380 g/mol. The second-order valence-corrected chi connectivity index (χ2v) is 8.53. The predicted molar refractivity (Wildman–Crippen MR) is 109 cm³/mol. The van der Waals surface area contributed by atoms with Crippen LogP contribution in [0.2, 0.25) is 0 Å². The molecule has 28 heavy (non-hydrogen) atoms. The lowest BCUT2D eigenvalue weighted by atomic mass is 10.2. The first-order valence-electron chi connectivity index (χ1n) is 9.07. The van der Waals surface area contributed by atoms with Gasteiger partial charge in [0, 0.05) is 13.0 Å². The summed E-state index contributed by atoms with van der Waals surface area (Å²) in [6, 6.07) is 12.4. The van der Waals surface area contributed by atoms with Gasteiger partial charge in [0.25, 0.3) is 5.91 Å². The molecule has 0 fully saturated rings. The van der Waals surface area contributed by atoms with E-state index in [1.54, 1.807) is 30.3 Å². The van der Waals surface area contributed by atoms with Crippen LogP contribution in [0.4, 0.5) is 11.4 Å². The standard InChI is InChI=1S/C20H24N2O5S/c1-4-26-17-8-6-5-7-15(17)21-20(23)19-11-12-22(28(3,24)25)16-13-14(2)9-10-18(16)27-19/h5-10,13,19H,4,11-12H2,1-3H3,(H,21,23)/t19-/m1/s1. The Morgan fingerprint density at radius 1 is 1.29 bits per heavy atom. The van der Waals surface area contributed by atoms with Crippen LogP contribution in [0, 0.1) is 6.92 Å². The number of sulfonamides is 1. The highest BCUT2D eigenvalue weighted by Gasteiger charge is 2.31. The number of nitrogens with one attached hydrogen (secondary N) is 1. The van der Waals surface area contributed by atoms with E-state index >= 15 is 0 Å². The van der Waals surface area contributed by atoms with E-state index in [4.69, 9.17) is 9.47 Å². The van der Waals surface area contributed by atoms with Crippen molar-refractivity contribution in [2.75, 3.05) is 29.0 Å². The fourth-order valence-electron chi connectivity index (χ4n) is 3.08. The first kappa shape index (κ1) is 20.0. The quantitative estimate of drug-likeness (QED) is 0.828. The van der Waals surface area contributed by atoms with Gasteiger partial charge in [-0.15, -0.1) is 0 Å². The minimum atomic E-state index is -3.50. The van der Waals surface area contributed by atoms with Crippen LogP contribution in [0.15, 0.2) is 42.5 Å². The maximum Gasteiger partial charge on any atom is 0.265 e. The minimum absolute atomic E-state index is 0.153. The first-order chi connectivity index (χ1) is 13.3. The third kappa shape index (κ3) is 4.39. The third-order valence-corrected chi connectivity index (χ3v) is 5.56. The number of hydrogen-bond donors (Lipinski definition) is 1. The molecule has 0 bridgehead atoms. The van der Waals surface area contributed by atoms with Gasteiger partial charge in [0.1, 0.15) is 11.5 Å². The van der Waals surface area contributed by atoms with Crippen LogP contribution in [0.25, 0.3) is 0 Å². The summed E-state index contributed by atoms with van der Waals surface area (Å²) in [5, 5.41) is 2.83. The van der Waals surface area contributed by atoms with Crippen molar-refractivity contribution in [3.8, 4) is 11.5 Å². The summed E-state index contributed by atoms with van der Waals surface area (Å²) in [7, 11) is -3.50. The van der Waals surface area contributed by atoms with Crippen molar-refractivity contribution in [3.05, 3.63) is 48.0 Å². The summed E-state index contributed by atoms with van der Waals surface area (Å²) in [5.74, 6) is 0.585. The molecule has 2 aromatic carbocycles. The number of ether oxygens (including phenoxy) is 2. The van der Waals surface area contributed by atoms with Gasteiger partial charge in [-0.05, 0) is 43.7 Å². The lowest BCUT2D eigenvalue weighted by Gasteiger charge is -2.21. The predicted octanol–water partition coefficient (Wildman–Crippen LogP) is 2.95. The summed E-state index contributed by atoms with van der Waals surface area (Å²) >= 11 is 0. The molecule has 7 nitrogen and oxygen atoms in total. The molecule has 0 unspecified atom stereocenters. The van der Waals surface area contributed by atoms with Crippen LogP contribution < -0.4 is 19.1 Å². The summed E-state index contributed by atoms with van der Waals surface area (Å²) < 4.78 is 37.2. The topological polar surface area (TPSA) is 84.9 Å². The summed E-state index contributed by atoms with van der Waals surface area (Å²) in [6.07, 6.45) is 0.546. The van der Waals surface area contributed by atoms with Crippen molar-refractivity contribution < 1.29 is 22.7 Å². The lowest BCUT2D eigenvalue weighted by molar-refractivity contribution is -0.122. The SMILES string of the molecule is CCOc1ccccc1NC(=O)[C@H]1CCN(S(C)(=O)=O)c2cc(C)ccc2O1. The Morgan fingerprint density at radius 2 is 2.04 bits per heavy atom. The van der Waals surface area contributed by atoms with Gasteiger partial charge in [0.05, 0.1) is 24.2 Å². The molecule has 1 atom stereocenters. The maximum atomic E-state index is 12.9. The highest BCUT2D eigenvalue weighted by molar-refractivity contribution is 7.92. The largest absolute Gasteiger partial charge is 0.492 e. The molecule has 1 amide bonds. The monoisotopic (exact) mass is 404 g/mol. The zero-order valence-electron chi connectivity index (χ0n) is 16.1. The van der Waals surface area contributed by atoms with Crippen molar-refractivity contribution >= 4 is 27.3 Å². The van der Waals surface area contributed by atoms with Gasteiger partial charge >= 0.3 is 0 Å². The van der Waals surface area contributed by atoms with Crippen molar-refractivity contribution in [1.82, 2.24) is 0 Å².